The van der Waals surface area contributed by atoms with Gasteiger partial charge in [0, 0.05) is 35.9 Å². The van der Waals surface area contributed by atoms with E-state index in [9.17, 15) is 4.79 Å². The van der Waals surface area contributed by atoms with Crippen LogP contribution in [0.25, 0.3) is 10.9 Å². The van der Waals surface area contributed by atoms with Crippen molar-refractivity contribution in [3.8, 4) is 0 Å². The van der Waals surface area contributed by atoms with Gasteiger partial charge in [-0.3, -0.25) is 4.79 Å². The van der Waals surface area contributed by atoms with Gasteiger partial charge >= 0.3 is 0 Å². The van der Waals surface area contributed by atoms with E-state index in [-0.39, 0.29) is 5.91 Å². The topological polar surface area (TPSA) is 62.1 Å². The van der Waals surface area contributed by atoms with Crippen LogP contribution in [-0.2, 0) is 11.2 Å². The molecule has 4 nitrogen and oxygen atoms in total. The molecule has 112 valence electrons. The van der Waals surface area contributed by atoms with Crippen LogP contribution in [0, 0.1) is 0 Å². The predicted octanol–water partition coefficient (Wildman–Crippen LogP) is 2.00. The summed E-state index contributed by atoms with van der Waals surface area (Å²) in [6.07, 6.45) is 3.61. The quantitative estimate of drug-likeness (QED) is 0.908. The predicted molar refractivity (Wildman–Crippen MR) is 88.5 cm³/mol. The van der Waals surface area contributed by atoms with E-state index in [0.29, 0.717) is 12.5 Å². The number of nitrogens with two attached hydrogens (primary N) is 1. The first-order valence-corrected chi connectivity index (χ1v) is 8.47. The number of amides is 1. The summed E-state index contributed by atoms with van der Waals surface area (Å²) in [6.45, 7) is 0. The van der Waals surface area contributed by atoms with Crippen molar-refractivity contribution in [2.24, 2.45) is 5.73 Å². The maximum atomic E-state index is 12.5. The Kier molecular flexibility index (Phi) is 4.22. The minimum atomic E-state index is -0.472. The van der Waals surface area contributed by atoms with E-state index in [1.807, 2.05) is 48.1 Å². The van der Waals surface area contributed by atoms with Gasteiger partial charge in [-0.2, -0.15) is 11.8 Å². The highest BCUT2D eigenvalue weighted by Gasteiger charge is 2.27. The van der Waals surface area contributed by atoms with Crippen molar-refractivity contribution < 1.29 is 4.79 Å². The second-order valence-electron chi connectivity index (χ2n) is 5.64. The molecule has 2 atom stereocenters. The Balaban J connectivity index is 1.70. The third kappa shape index (κ3) is 2.94. The van der Waals surface area contributed by atoms with E-state index in [2.05, 4.69) is 11.1 Å². The van der Waals surface area contributed by atoms with Crippen LogP contribution in [-0.4, -0.2) is 46.4 Å². The van der Waals surface area contributed by atoms with Crippen LogP contribution in [0.2, 0.25) is 0 Å². The van der Waals surface area contributed by atoms with Crippen molar-refractivity contribution in [3.05, 3.63) is 36.0 Å². The van der Waals surface area contributed by atoms with Gasteiger partial charge in [-0.25, -0.2) is 0 Å². The molecule has 1 aliphatic heterocycles. The van der Waals surface area contributed by atoms with E-state index >= 15 is 0 Å². The summed E-state index contributed by atoms with van der Waals surface area (Å²) in [5.41, 5.74) is 8.36. The number of aromatic nitrogens is 1. The van der Waals surface area contributed by atoms with E-state index in [1.165, 1.54) is 0 Å². The smallest absolute Gasteiger partial charge is 0.239 e. The number of carbonyl (C=O) groups excluding carboxylic acids is 1. The molecule has 5 heteroatoms. The molecule has 0 radical (unpaired) electrons. The van der Waals surface area contributed by atoms with Gasteiger partial charge in [0.15, 0.2) is 0 Å². The van der Waals surface area contributed by atoms with E-state index in [4.69, 9.17) is 5.73 Å². The zero-order chi connectivity index (χ0) is 14.8. The third-order valence-electron chi connectivity index (χ3n) is 4.23. The van der Waals surface area contributed by atoms with Gasteiger partial charge in [-0.15, -0.1) is 0 Å². The number of benzene rings is 1. The van der Waals surface area contributed by atoms with Crippen molar-refractivity contribution in [3.63, 3.8) is 0 Å². The SMILES string of the molecule is CN(C(=O)C(N)Cc1c[nH]c2ccccc12)C1CCSC1. The minimum Gasteiger partial charge on any atom is -0.361 e. The Bertz CT molecular complexity index is 633. The van der Waals surface area contributed by atoms with Gasteiger partial charge < -0.3 is 15.6 Å². The number of rotatable bonds is 4. The lowest BCUT2D eigenvalue weighted by Gasteiger charge is -2.26. The molecular weight excluding hydrogens is 282 g/mol. The number of nitrogens with zero attached hydrogens (tertiary/aromatic N) is 1. The molecule has 1 saturated heterocycles. The Labute approximate surface area is 129 Å². The van der Waals surface area contributed by atoms with Crippen LogP contribution in [0.3, 0.4) is 0 Å². The number of para-hydroxylation sites is 1. The molecule has 0 spiro atoms. The number of hydrogen-bond acceptors (Lipinski definition) is 3. The largest absolute Gasteiger partial charge is 0.361 e. The fraction of sp³-hybridized carbons (Fsp3) is 0.438. The molecular formula is C16H21N3OS. The fourth-order valence-electron chi connectivity index (χ4n) is 2.89. The third-order valence-corrected chi connectivity index (χ3v) is 5.38. The normalized spacial score (nSPS) is 19.8. The summed E-state index contributed by atoms with van der Waals surface area (Å²) in [5, 5.41) is 1.15. The van der Waals surface area contributed by atoms with Gasteiger partial charge in [-0.05, 0) is 30.2 Å². The maximum Gasteiger partial charge on any atom is 0.239 e. The summed E-state index contributed by atoms with van der Waals surface area (Å²) in [5.74, 6) is 2.22. The molecule has 0 aliphatic carbocycles. The van der Waals surface area contributed by atoms with Crippen molar-refractivity contribution in [1.29, 1.82) is 0 Å². The monoisotopic (exact) mass is 303 g/mol. The zero-order valence-electron chi connectivity index (χ0n) is 12.2. The fourth-order valence-corrected chi connectivity index (χ4v) is 4.16. The van der Waals surface area contributed by atoms with Gasteiger partial charge in [0.1, 0.15) is 0 Å². The van der Waals surface area contributed by atoms with E-state index in [1.54, 1.807) is 0 Å². The summed E-state index contributed by atoms with van der Waals surface area (Å²) in [7, 11) is 1.88. The Morgan fingerprint density at radius 1 is 1.52 bits per heavy atom. The molecule has 0 saturated carbocycles. The number of hydrogen-bond donors (Lipinski definition) is 2. The van der Waals surface area contributed by atoms with Crippen LogP contribution < -0.4 is 5.73 Å². The molecule has 2 aromatic rings. The molecule has 2 unspecified atom stereocenters. The number of aromatic amines is 1. The lowest BCUT2D eigenvalue weighted by molar-refractivity contribution is -0.132. The number of likely N-dealkylation sites (N-methyl/N-ethyl adjacent to an activating group) is 1. The first-order chi connectivity index (χ1) is 10.2. The average Bonchev–Trinajstić information content (AvgIpc) is 3.16. The van der Waals surface area contributed by atoms with Gasteiger partial charge in [-0.1, -0.05) is 18.2 Å². The number of thioether (sulfide) groups is 1. The number of fused-ring (bicyclic) bond motifs is 1. The summed E-state index contributed by atoms with van der Waals surface area (Å²) >= 11 is 1.91. The van der Waals surface area contributed by atoms with Crippen molar-refractivity contribution in [2.75, 3.05) is 18.6 Å². The summed E-state index contributed by atoms with van der Waals surface area (Å²) < 4.78 is 0. The Morgan fingerprint density at radius 3 is 3.10 bits per heavy atom. The number of carbonyl (C=O) groups is 1. The molecule has 1 amide bonds. The van der Waals surface area contributed by atoms with Gasteiger partial charge in [0.2, 0.25) is 5.91 Å². The second-order valence-corrected chi connectivity index (χ2v) is 6.79. The Hall–Kier alpha value is -1.46. The second kappa shape index (κ2) is 6.12. The average molecular weight is 303 g/mol. The lowest BCUT2D eigenvalue weighted by Crippen LogP contribution is -2.47. The molecule has 1 aliphatic rings. The summed E-state index contributed by atoms with van der Waals surface area (Å²) in [6, 6.07) is 7.98. The first-order valence-electron chi connectivity index (χ1n) is 7.32. The first kappa shape index (κ1) is 14.5. The maximum absolute atomic E-state index is 12.5. The molecule has 3 N–H and O–H groups in total. The molecule has 1 fully saturated rings. The number of nitrogens with one attached hydrogen (secondary N) is 1. The molecule has 1 aromatic heterocycles. The van der Waals surface area contributed by atoms with Gasteiger partial charge in [0.05, 0.1) is 6.04 Å². The minimum absolute atomic E-state index is 0.0489. The zero-order valence-corrected chi connectivity index (χ0v) is 13.0. The van der Waals surface area contributed by atoms with Crippen LogP contribution in [0.1, 0.15) is 12.0 Å². The molecule has 2 heterocycles. The highest BCUT2D eigenvalue weighted by atomic mass is 32.2. The lowest BCUT2D eigenvalue weighted by atomic mass is 10.0. The van der Waals surface area contributed by atoms with Gasteiger partial charge in [0.25, 0.3) is 0 Å². The highest BCUT2D eigenvalue weighted by Crippen LogP contribution is 2.23. The van der Waals surface area contributed by atoms with Crippen LogP contribution in [0.15, 0.2) is 30.5 Å². The summed E-state index contributed by atoms with van der Waals surface area (Å²) in [4.78, 5) is 17.6. The highest BCUT2D eigenvalue weighted by molar-refractivity contribution is 7.99. The van der Waals surface area contributed by atoms with E-state index < -0.39 is 6.04 Å². The number of H-pyrrole nitrogens is 1. The Morgan fingerprint density at radius 2 is 2.33 bits per heavy atom. The molecule has 0 bridgehead atoms. The molecule has 3 rings (SSSR count). The van der Waals surface area contributed by atoms with Crippen molar-refractivity contribution >= 4 is 28.6 Å². The molecule has 21 heavy (non-hydrogen) atoms. The standard InChI is InChI=1S/C16H21N3OS/c1-19(12-6-7-21-10-12)16(20)14(17)8-11-9-18-15-5-3-2-4-13(11)15/h2-5,9,12,14,18H,6-8,10,17H2,1H3. The van der Waals surface area contributed by atoms with Crippen molar-refractivity contribution in [1.82, 2.24) is 9.88 Å². The van der Waals surface area contributed by atoms with E-state index in [0.717, 1.165) is 34.4 Å². The van der Waals surface area contributed by atoms with Crippen LogP contribution in [0.5, 0.6) is 0 Å². The molecule has 1 aromatic carbocycles. The van der Waals surface area contributed by atoms with Crippen LogP contribution >= 0.6 is 11.8 Å². The van der Waals surface area contributed by atoms with Crippen molar-refractivity contribution in [2.45, 2.75) is 24.9 Å². The van der Waals surface area contributed by atoms with Crippen LogP contribution in [0.4, 0.5) is 0 Å².